The fourth-order valence-electron chi connectivity index (χ4n) is 2.82. The van der Waals surface area contributed by atoms with Gasteiger partial charge in [0.1, 0.15) is 5.82 Å². The number of hydrogen-bond donors (Lipinski definition) is 1. The summed E-state index contributed by atoms with van der Waals surface area (Å²) in [7, 11) is 0. The molecule has 1 N–H and O–H groups in total. The minimum Gasteiger partial charge on any atom is -0.385 e. The molecule has 0 radical (unpaired) electrons. The van der Waals surface area contributed by atoms with Gasteiger partial charge in [-0.05, 0) is 24.3 Å². The van der Waals surface area contributed by atoms with Crippen LogP contribution in [0.5, 0.6) is 0 Å². The summed E-state index contributed by atoms with van der Waals surface area (Å²) in [6.07, 6.45) is 6.13. The topological polar surface area (TPSA) is 55.2 Å². The number of benzene rings is 1. The van der Waals surface area contributed by atoms with Crippen LogP contribution in [-0.4, -0.2) is 11.5 Å². The van der Waals surface area contributed by atoms with Crippen LogP contribution in [0.3, 0.4) is 0 Å². The van der Waals surface area contributed by atoms with Gasteiger partial charge in [-0.2, -0.15) is 0 Å². The molecule has 0 saturated heterocycles. The Morgan fingerprint density at radius 1 is 1.30 bits per heavy atom. The molecule has 1 aromatic carbocycles. The summed E-state index contributed by atoms with van der Waals surface area (Å²) in [4.78, 5) is 10.1. The molecular formula is C15H21FN2O2. The zero-order valence-corrected chi connectivity index (χ0v) is 11.8. The fourth-order valence-corrected chi connectivity index (χ4v) is 2.82. The van der Waals surface area contributed by atoms with Crippen LogP contribution in [0.4, 0.5) is 15.8 Å². The van der Waals surface area contributed by atoms with Gasteiger partial charge in [-0.25, -0.2) is 4.39 Å². The van der Waals surface area contributed by atoms with Gasteiger partial charge in [0, 0.05) is 18.3 Å². The second-order valence-corrected chi connectivity index (χ2v) is 5.80. The number of nitrogens with one attached hydrogen (secondary N) is 1. The van der Waals surface area contributed by atoms with Gasteiger partial charge in [-0.15, -0.1) is 0 Å². The smallest absolute Gasteiger partial charge is 0.274 e. The average Bonchev–Trinajstić information content (AvgIpc) is 2.40. The van der Waals surface area contributed by atoms with Crippen molar-refractivity contribution in [3.63, 3.8) is 0 Å². The molecule has 4 nitrogen and oxygen atoms in total. The van der Waals surface area contributed by atoms with E-state index in [1.54, 1.807) is 0 Å². The summed E-state index contributed by atoms with van der Waals surface area (Å²) < 4.78 is 13.3. The predicted molar refractivity (Wildman–Crippen MR) is 77.3 cm³/mol. The number of nitro groups is 1. The third kappa shape index (κ3) is 4.18. The lowest BCUT2D eigenvalue weighted by molar-refractivity contribution is -0.385. The Kier molecular flexibility index (Phi) is 4.93. The molecule has 1 aromatic rings. The second-order valence-electron chi connectivity index (χ2n) is 5.80. The summed E-state index contributed by atoms with van der Waals surface area (Å²) in [6.45, 7) is 3.03. The number of nitro benzene ring substituents is 1. The van der Waals surface area contributed by atoms with Gasteiger partial charge in [-0.1, -0.05) is 32.6 Å². The zero-order valence-electron chi connectivity index (χ0n) is 11.8. The van der Waals surface area contributed by atoms with Crippen LogP contribution in [0.2, 0.25) is 0 Å². The highest BCUT2D eigenvalue weighted by atomic mass is 19.1. The number of halogens is 1. The second kappa shape index (κ2) is 6.68. The maximum Gasteiger partial charge on any atom is 0.274 e. The number of non-ortho nitro benzene ring substituents is 1. The minimum absolute atomic E-state index is 0.209. The van der Waals surface area contributed by atoms with Crippen molar-refractivity contribution in [3.05, 3.63) is 34.1 Å². The summed E-state index contributed by atoms with van der Waals surface area (Å²) in [5, 5.41) is 13.8. The molecule has 0 aliphatic heterocycles. The molecule has 0 unspecified atom stereocenters. The van der Waals surface area contributed by atoms with Crippen LogP contribution in [-0.2, 0) is 0 Å². The van der Waals surface area contributed by atoms with Gasteiger partial charge in [0.05, 0.1) is 11.0 Å². The molecule has 1 fully saturated rings. The fraction of sp³-hybridized carbons (Fsp3) is 0.600. The lowest BCUT2D eigenvalue weighted by Gasteiger charge is -2.26. The average molecular weight is 280 g/mol. The maximum absolute atomic E-state index is 13.3. The molecule has 0 aromatic heterocycles. The molecular weight excluding hydrogens is 259 g/mol. The van der Waals surface area contributed by atoms with Crippen molar-refractivity contribution in [2.24, 2.45) is 11.8 Å². The number of hydrogen-bond acceptors (Lipinski definition) is 3. The Bertz CT molecular complexity index is 471. The van der Waals surface area contributed by atoms with E-state index in [0.717, 1.165) is 30.9 Å². The van der Waals surface area contributed by atoms with Crippen LogP contribution in [0.1, 0.15) is 39.0 Å². The lowest BCUT2D eigenvalue weighted by Crippen LogP contribution is -2.15. The van der Waals surface area contributed by atoms with Gasteiger partial charge in [0.25, 0.3) is 5.69 Å². The molecule has 0 atom stereocenters. The standard InChI is InChI=1S/C15H21FN2O2/c1-11-2-4-12(5-3-11)6-7-17-14-8-13(16)9-15(10-14)18(19)20/h8-12,17H,2-7H2,1H3. The van der Waals surface area contributed by atoms with E-state index in [-0.39, 0.29) is 5.69 Å². The van der Waals surface area contributed by atoms with Crippen LogP contribution in [0.25, 0.3) is 0 Å². The van der Waals surface area contributed by atoms with E-state index >= 15 is 0 Å². The predicted octanol–water partition coefficient (Wildman–Crippen LogP) is 4.36. The summed E-state index contributed by atoms with van der Waals surface area (Å²) in [5.41, 5.74) is 0.278. The van der Waals surface area contributed by atoms with Crippen LogP contribution in [0.15, 0.2) is 18.2 Å². The number of rotatable bonds is 5. The molecule has 20 heavy (non-hydrogen) atoms. The van der Waals surface area contributed by atoms with Crippen LogP contribution in [0, 0.1) is 27.8 Å². The molecule has 2 rings (SSSR count). The molecule has 0 spiro atoms. The van der Waals surface area contributed by atoms with Gasteiger partial charge in [-0.3, -0.25) is 10.1 Å². The lowest BCUT2D eigenvalue weighted by atomic mass is 9.81. The first kappa shape index (κ1) is 14.8. The van der Waals surface area contributed by atoms with E-state index in [4.69, 9.17) is 0 Å². The number of nitrogens with zero attached hydrogens (tertiary/aromatic N) is 1. The van der Waals surface area contributed by atoms with Crippen LogP contribution < -0.4 is 5.32 Å². The first-order valence-corrected chi connectivity index (χ1v) is 7.23. The first-order valence-electron chi connectivity index (χ1n) is 7.23. The van der Waals surface area contributed by atoms with E-state index in [0.29, 0.717) is 5.69 Å². The summed E-state index contributed by atoms with van der Waals surface area (Å²) >= 11 is 0. The van der Waals surface area contributed by atoms with Crippen molar-refractivity contribution in [1.29, 1.82) is 0 Å². The Morgan fingerprint density at radius 2 is 2.00 bits per heavy atom. The summed E-state index contributed by atoms with van der Waals surface area (Å²) in [6, 6.07) is 3.62. The van der Waals surface area contributed by atoms with E-state index in [9.17, 15) is 14.5 Å². The third-order valence-corrected chi connectivity index (χ3v) is 4.11. The Hall–Kier alpha value is -1.65. The third-order valence-electron chi connectivity index (χ3n) is 4.11. The van der Waals surface area contributed by atoms with Gasteiger partial charge in [0.15, 0.2) is 0 Å². The Balaban J connectivity index is 1.83. The van der Waals surface area contributed by atoms with Crippen LogP contribution >= 0.6 is 0 Å². The zero-order chi connectivity index (χ0) is 14.5. The van der Waals surface area contributed by atoms with E-state index < -0.39 is 10.7 Å². The van der Waals surface area contributed by atoms with Gasteiger partial charge in [0.2, 0.25) is 0 Å². The molecule has 5 heteroatoms. The monoisotopic (exact) mass is 280 g/mol. The highest BCUT2D eigenvalue weighted by Gasteiger charge is 2.17. The van der Waals surface area contributed by atoms with E-state index in [1.807, 2.05) is 0 Å². The minimum atomic E-state index is -0.576. The molecule has 1 aliphatic rings. The largest absolute Gasteiger partial charge is 0.385 e. The maximum atomic E-state index is 13.3. The highest BCUT2D eigenvalue weighted by molar-refractivity contribution is 5.51. The first-order chi connectivity index (χ1) is 9.54. The molecule has 0 bridgehead atoms. The molecule has 1 saturated carbocycles. The Labute approximate surface area is 118 Å². The molecule has 0 amide bonds. The van der Waals surface area contributed by atoms with E-state index in [2.05, 4.69) is 12.2 Å². The van der Waals surface area contributed by atoms with Crippen molar-refractivity contribution in [2.75, 3.05) is 11.9 Å². The Morgan fingerprint density at radius 3 is 2.65 bits per heavy atom. The van der Waals surface area contributed by atoms with Gasteiger partial charge < -0.3 is 5.32 Å². The van der Waals surface area contributed by atoms with Crippen molar-refractivity contribution in [3.8, 4) is 0 Å². The molecule has 0 heterocycles. The molecule has 1 aliphatic carbocycles. The van der Waals surface area contributed by atoms with Crippen molar-refractivity contribution in [2.45, 2.75) is 39.0 Å². The highest BCUT2D eigenvalue weighted by Crippen LogP contribution is 2.30. The molecule has 110 valence electrons. The van der Waals surface area contributed by atoms with Crippen molar-refractivity contribution < 1.29 is 9.31 Å². The SMILES string of the molecule is CC1CCC(CCNc2cc(F)cc([N+](=O)[O-])c2)CC1. The van der Waals surface area contributed by atoms with Crippen molar-refractivity contribution in [1.82, 2.24) is 0 Å². The summed E-state index contributed by atoms with van der Waals surface area (Å²) in [5.74, 6) is 0.987. The normalized spacial score (nSPS) is 22.5. The van der Waals surface area contributed by atoms with Gasteiger partial charge >= 0.3 is 0 Å². The van der Waals surface area contributed by atoms with Crippen molar-refractivity contribution >= 4 is 11.4 Å². The number of anilines is 1. The quantitative estimate of drug-likeness (QED) is 0.644. The van der Waals surface area contributed by atoms with E-state index in [1.165, 1.54) is 37.8 Å².